The number of amides is 1. The Hall–Kier alpha value is -2.58. The van der Waals surface area contributed by atoms with Gasteiger partial charge in [-0.1, -0.05) is 28.1 Å². The third kappa shape index (κ3) is 3.51. The highest BCUT2D eigenvalue weighted by Gasteiger charge is 2.11. The van der Waals surface area contributed by atoms with Gasteiger partial charge in [0.05, 0.1) is 0 Å². The molecular weight excluding hydrogens is 414 g/mol. The van der Waals surface area contributed by atoms with Gasteiger partial charge in [0.1, 0.15) is 11.0 Å². The minimum Gasteiger partial charge on any atom is -0.298 e. The van der Waals surface area contributed by atoms with Crippen molar-refractivity contribution in [2.75, 3.05) is 5.32 Å². The lowest BCUT2D eigenvalue weighted by molar-refractivity contribution is 0.102. The minimum atomic E-state index is -0.213. The first-order valence-corrected chi connectivity index (χ1v) is 9.51. The number of halogens is 1. The van der Waals surface area contributed by atoms with Crippen LogP contribution in [0.3, 0.4) is 0 Å². The summed E-state index contributed by atoms with van der Waals surface area (Å²) in [4.78, 5) is 17.8. The Bertz CT molecular complexity index is 1100. The maximum absolute atomic E-state index is 12.4. The number of aryl methyl sites for hydroxylation is 1. The van der Waals surface area contributed by atoms with Crippen molar-refractivity contribution in [2.24, 2.45) is 0 Å². The second-order valence-electron chi connectivity index (χ2n) is 5.87. The molecule has 0 spiro atoms. The van der Waals surface area contributed by atoms with Crippen molar-refractivity contribution in [3.63, 3.8) is 0 Å². The molecule has 0 unspecified atom stereocenters. The van der Waals surface area contributed by atoms with Crippen LogP contribution in [-0.4, -0.2) is 26.3 Å². The summed E-state index contributed by atoms with van der Waals surface area (Å²) in [6.45, 7) is 2.07. The topological polar surface area (TPSA) is 83.6 Å². The maximum Gasteiger partial charge on any atom is 0.257 e. The molecule has 0 radical (unpaired) electrons. The number of carbonyl (C=O) groups is 1. The SMILES string of the molecule is Cc1cc(Cc2cnc(NC(=O)c3ccc4n[nH]nc4c3)s2)ccc1Br. The molecule has 0 saturated heterocycles. The Morgan fingerprint density at radius 1 is 1.19 bits per heavy atom. The van der Waals surface area contributed by atoms with E-state index in [4.69, 9.17) is 0 Å². The highest BCUT2D eigenvalue weighted by Crippen LogP contribution is 2.24. The number of fused-ring (bicyclic) bond motifs is 1. The molecule has 0 aliphatic rings. The monoisotopic (exact) mass is 427 g/mol. The van der Waals surface area contributed by atoms with Crippen molar-refractivity contribution in [2.45, 2.75) is 13.3 Å². The molecule has 26 heavy (non-hydrogen) atoms. The molecule has 4 rings (SSSR count). The fourth-order valence-corrected chi connectivity index (χ4v) is 3.70. The number of aromatic amines is 1. The molecule has 1 amide bonds. The zero-order valence-corrected chi connectivity index (χ0v) is 16.2. The summed E-state index contributed by atoms with van der Waals surface area (Å²) in [6, 6.07) is 11.5. The van der Waals surface area contributed by atoms with E-state index in [0.717, 1.165) is 21.3 Å². The predicted octanol–water partition coefficient (Wildman–Crippen LogP) is 4.33. The first kappa shape index (κ1) is 16.9. The minimum absolute atomic E-state index is 0.213. The average molecular weight is 428 g/mol. The molecule has 6 nitrogen and oxygen atoms in total. The Labute approximate surface area is 161 Å². The summed E-state index contributed by atoms with van der Waals surface area (Å²) in [6.07, 6.45) is 2.59. The van der Waals surface area contributed by atoms with E-state index in [1.54, 1.807) is 24.4 Å². The summed E-state index contributed by atoms with van der Waals surface area (Å²) >= 11 is 4.99. The maximum atomic E-state index is 12.4. The third-order valence-corrected chi connectivity index (χ3v) is 5.76. The van der Waals surface area contributed by atoms with Crippen molar-refractivity contribution in [3.05, 3.63) is 68.6 Å². The molecular formula is C18H14BrN5OS. The van der Waals surface area contributed by atoms with E-state index in [0.29, 0.717) is 16.2 Å². The number of benzene rings is 2. The number of carbonyl (C=O) groups excluding carboxylic acids is 1. The summed E-state index contributed by atoms with van der Waals surface area (Å²) < 4.78 is 1.10. The Balaban J connectivity index is 1.47. The molecule has 2 aromatic heterocycles. The molecule has 0 bridgehead atoms. The van der Waals surface area contributed by atoms with Crippen molar-refractivity contribution in [1.29, 1.82) is 0 Å². The summed E-state index contributed by atoms with van der Waals surface area (Å²) in [5.74, 6) is -0.213. The molecule has 0 aliphatic heterocycles. The van der Waals surface area contributed by atoms with Crippen LogP contribution in [0.1, 0.15) is 26.4 Å². The van der Waals surface area contributed by atoms with Crippen molar-refractivity contribution >= 4 is 49.3 Å². The number of H-pyrrole nitrogens is 1. The fraction of sp³-hybridized carbons (Fsp3) is 0.111. The van der Waals surface area contributed by atoms with Gasteiger partial charge in [-0.25, -0.2) is 4.98 Å². The molecule has 2 heterocycles. The summed E-state index contributed by atoms with van der Waals surface area (Å²) in [5.41, 5.74) is 4.31. The zero-order chi connectivity index (χ0) is 18.1. The van der Waals surface area contributed by atoms with E-state index in [1.807, 2.05) is 0 Å². The van der Waals surface area contributed by atoms with Crippen LogP contribution in [0.25, 0.3) is 11.0 Å². The van der Waals surface area contributed by atoms with Gasteiger partial charge in [-0.15, -0.1) is 11.3 Å². The van der Waals surface area contributed by atoms with Gasteiger partial charge in [-0.3, -0.25) is 10.1 Å². The van der Waals surface area contributed by atoms with Gasteiger partial charge in [-0.2, -0.15) is 15.4 Å². The van der Waals surface area contributed by atoms with Gasteiger partial charge in [0, 0.05) is 27.5 Å². The molecule has 0 saturated carbocycles. The first-order valence-electron chi connectivity index (χ1n) is 7.90. The number of nitrogens with zero attached hydrogens (tertiary/aromatic N) is 3. The van der Waals surface area contributed by atoms with E-state index < -0.39 is 0 Å². The number of thiazole rings is 1. The van der Waals surface area contributed by atoms with Crippen molar-refractivity contribution < 1.29 is 4.79 Å². The highest BCUT2D eigenvalue weighted by atomic mass is 79.9. The van der Waals surface area contributed by atoms with Gasteiger partial charge < -0.3 is 0 Å². The standard InChI is InChI=1S/C18H14BrN5OS/c1-10-6-11(2-4-14(10)19)7-13-9-20-18(26-13)21-17(25)12-3-5-15-16(8-12)23-24-22-15/h2-6,8-9H,7H2,1H3,(H,20,21,25)(H,22,23,24). The van der Waals surface area contributed by atoms with Gasteiger partial charge in [0.2, 0.25) is 0 Å². The molecule has 2 aromatic carbocycles. The van der Waals surface area contributed by atoms with Crippen molar-refractivity contribution in [3.8, 4) is 0 Å². The molecule has 8 heteroatoms. The number of anilines is 1. The largest absolute Gasteiger partial charge is 0.298 e. The van der Waals surface area contributed by atoms with E-state index in [-0.39, 0.29) is 5.91 Å². The van der Waals surface area contributed by atoms with E-state index in [2.05, 4.69) is 66.8 Å². The smallest absolute Gasteiger partial charge is 0.257 e. The van der Waals surface area contributed by atoms with Gasteiger partial charge in [-0.05, 0) is 42.3 Å². The second kappa shape index (κ2) is 6.97. The van der Waals surface area contributed by atoms with Crippen LogP contribution in [0.15, 0.2) is 47.1 Å². The molecule has 2 N–H and O–H groups in total. The van der Waals surface area contributed by atoms with Crippen LogP contribution < -0.4 is 5.32 Å². The molecule has 4 aromatic rings. The number of hydrogen-bond donors (Lipinski definition) is 2. The molecule has 0 atom stereocenters. The molecule has 130 valence electrons. The second-order valence-corrected chi connectivity index (χ2v) is 7.84. The van der Waals surface area contributed by atoms with Gasteiger partial charge >= 0.3 is 0 Å². The molecule has 0 fully saturated rings. The number of rotatable bonds is 4. The van der Waals surface area contributed by atoms with Gasteiger partial charge in [0.15, 0.2) is 5.13 Å². The van der Waals surface area contributed by atoms with Crippen LogP contribution in [0.5, 0.6) is 0 Å². The Kier molecular flexibility index (Phi) is 4.52. The number of nitrogens with one attached hydrogen (secondary N) is 2. The average Bonchev–Trinajstić information content (AvgIpc) is 3.26. The predicted molar refractivity (Wildman–Crippen MR) is 106 cm³/mol. The van der Waals surface area contributed by atoms with Crippen LogP contribution in [0.4, 0.5) is 5.13 Å². The van der Waals surface area contributed by atoms with Crippen LogP contribution >= 0.6 is 27.3 Å². The quantitative estimate of drug-likeness (QED) is 0.507. The zero-order valence-electron chi connectivity index (χ0n) is 13.8. The van der Waals surface area contributed by atoms with Crippen LogP contribution in [-0.2, 0) is 6.42 Å². The lowest BCUT2D eigenvalue weighted by Crippen LogP contribution is -2.11. The first-order chi connectivity index (χ1) is 12.6. The fourth-order valence-electron chi connectivity index (χ4n) is 2.62. The molecule has 0 aliphatic carbocycles. The van der Waals surface area contributed by atoms with E-state index in [9.17, 15) is 4.79 Å². The highest BCUT2D eigenvalue weighted by molar-refractivity contribution is 9.10. The number of hydrogen-bond acceptors (Lipinski definition) is 5. The summed E-state index contributed by atoms with van der Waals surface area (Å²) in [7, 11) is 0. The Morgan fingerprint density at radius 3 is 2.88 bits per heavy atom. The van der Waals surface area contributed by atoms with E-state index >= 15 is 0 Å². The van der Waals surface area contributed by atoms with Crippen LogP contribution in [0.2, 0.25) is 0 Å². The van der Waals surface area contributed by atoms with Crippen LogP contribution in [0, 0.1) is 6.92 Å². The number of aromatic nitrogens is 4. The Morgan fingerprint density at radius 2 is 2.04 bits per heavy atom. The van der Waals surface area contributed by atoms with Crippen molar-refractivity contribution in [1.82, 2.24) is 20.4 Å². The lowest BCUT2D eigenvalue weighted by atomic mass is 10.1. The lowest BCUT2D eigenvalue weighted by Gasteiger charge is -2.03. The normalized spacial score (nSPS) is 11.0. The third-order valence-electron chi connectivity index (χ3n) is 3.95. The van der Waals surface area contributed by atoms with Gasteiger partial charge in [0.25, 0.3) is 5.91 Å². The summed E-state index contributed by atoms with van der Waals surface area (Å²) in [5, 5.41) is 13.9. The van der Waals surface area contributed by atoms with E-state index in [1.165, 1.54) is 22.5 Å².